The highest BCUT2D eigenvalue weighted by molar-refractivity contribution is 6.42. The van der Waals surface area contributed by atoms with E-state index in [1.165, 1.54) is 0 Å². The van der Waals surface area contributed by atoms with Gasteiger partial charge in [-0.05, 0) is 36.8 Å². The quantitative estimate of drug-likeness (QED) is 0.765. The van der Waals surface area contributed by atoms with Crippen molar-refractivity contribution in [2.75, 3.05) is 44.7 Å². The van der Waals surface area contributed by atoms with Gasteiger partial charge in [0.25, 0.3) is 0 Å². The van der Waals surface area contributed by atoms with E-state index in [2.05, 4.69) is 21.2 Å². The van der Waals surface area contributed by atoms with E-state index >= 15 is 0 Å². The van der Waals surface area contributed by atoms with Crippen LogP contribution in [0, 0.1) is 0 Å². The summed E-state index contributed by atoms with van der Waals surface area (Å²) in [4.78, 5) is 16.9. The van der Waals surface area contributed by atoms with Gasteiger partial charge in [-0.25, -0.2) is 0 Å². The van der Waals surface area contributed by atoms with Crippen LogP contribution in [-0.2, 0) is 4.79 Å². The number of methoxy groups -OCH3 is 1. The lowest BCUT2D eigenvalue weighted by atomic mass is 10.1. The molecule has 2 aromatic rings. The van der Waals surface area contributed by atoms with E-state index < -0.39 is 0 Å². The molecule has 0 saturated carbocycles. The molecule has 0 unspecified atom stereocenters. The number of nitrogens with one attached hydrogen (secondary N) is 1. The summed E-state index contributed by atoms with van der Waals surface area (Å²) in [5.41, 5.74) is 2.09. The van der Waals surface area contributed by atoms with Gasteiger partial charge in [0.05, 0.1) is 29.7 Å². The number of rotatable bonds is 6. The first kappa shape index (κ1) is 20.8. The molecule has 2 aromatic carbocycles. The normalized spacial score (nSPS) is 15.9. The Balaban J connectivity index is 1.48. The molecule has 3 rings (SSSR count). The largest absolute Gasteiger partial charge is 0.497 e. The molecule has 1 amide bonds. The van der Waals surface area contributed by atoms with Crippen molar-refractivity contribution in [2.24, 2.45) is 0 Å². The number of carbonyl (C=O) groups excluding carboxylic acids is 1. The molecule has 5 nitrogen and oxygen atoms in total. The van der Waals surface area contributed by atoms with Crippen LogP contribution in [0.3, 0.4) is 0 Å². The van der Waals surface area contributed by atoms with Crippen LogP contribution in [0.15, 0.2) is 42.5 Å². The van der Waals surface area contributed by atoms with E-state index in [0.29, 0.717) is 16.6 Å². The first-order valence-corrected chi connectivity index (χ1v) is 10.1. The van der Waals surface area contributed by atoms with Crippen molar-refractivity contribution in [3.63, 3.8) is 0 Å². The molecule has 1 atom stereocenters. The van der Waals surface area contributed by atoms with Gasteiger partial charge in [-0.1, -0.05) is 35.3 Å². The molecule has 1 N–H and O–H groups in total. The standard InChI is InChI=1S/C21H25Cl2N3O2/c1-15(16-6-7-19(22)20(23)12-16)24-21(27)14-25-8-10-26(11-9-25)17-4-3-5-18(13-17)28-2/h3-7,12-13,15H,8-11,14H2,1-2H3,(H,24,27)/t15-/m0/s1. The summed E-state index contributed by atoms with van der Waals surface area (Å²) in [7, 11) is 1.68. The molecule has 0 radical (unpaired) electrons. The van der Waals surface area contributed by atoms with Crippen LogP contribution in [0.1, 0.15) is 18.5 Å². The van der Waals surface area contributed by atoms with Crippen LogP contribution in [0.2, 0.25) is 10.0 Å². The summed E-state index contributed by atoms with van der Waals surface area (Å²) in [5, 5.41) is 4.04. The number of hydrogen-bond donors (Lipinski definition) is 1. The molecule has 0 aliphatic carbocycles. The lowest BCUT2D eigenvalue weighted by Crippen LogP contribution is -2.49. The third-order valence-electron chi connectivity index (χ3n) is 4.98. The first-order valence-electron chi connectivity index (χ1n) is 9.32. The average Bonchev–Trinajstić information content (AvgIpc) is 2.70. The zero-order chi connectivity index (χ0) is 20.1. The number of carbonyl (C=O) groups is 1. The van der Waals surface area contributed by atoms with Crippen LogP contribution in [0.5, 0.6) is 5.75 Å². The Morgan fingerprint density at radius 1 is 1.11 bits per heavy atom. The van der Waals surface area contributed by atoms with Crippen molar-refractivity contribution in [1.29, 1.82) is 0 Å². The molecular weight excluding hydrogens is 397 g/mol. The van der Waals surface area contributed by atoms with E-state index in [0.717, 1.165) is 43.2 Å². The molecular formula is C21H25Cl2N3O2. The molecule has 1 saturated heterocycles. The SMILES string of the molecule is COc1cccc(N2CCN(CC(=O)N[C@@H](C)c3ccc(Cl)c(Cl)c3)CC2)c1. The first-order chi connectivity index (χ1) is 13.5. The van der Waals surface area contributed by atoms with Gasteiger partial charge in [0.2, 0.25) is 5.91 Å². The Labute approximate surface area is 176 Å². The molecule has 28 heavy (non-hydrogen) atoms. The van der Waals surface area contributed by atoms with Gasteiger partial charge in [0.15, 0.2) is 0 Å². The number of nitrogens with zero attached hydrogens (tertiary/aromatic N) is 2. The second kappa shape index (κ2) is 9.50. The molecule has 7 heteroatoms. The Hall–Kier alpha value is -1.95. The number of hydrogen-bond acceptors (Lipinski definition) is 4. The Morgan fingerprint density at radius 2 is 1.86 bits per heavy atom. The Kier molecular flexibility index (Phi) is 7.05. The summed E-state index contributed by atoms with van der Waals surface area (Å²) in [5.74, 6) is 0.865. The fraction of sp³-hybridized carbons (Fsp3) is 0.381. The van der Waals surface area contributed by atoms with Gasteiger partial charge in [-0.3, -0.25) is 9.69 Å². The molecule has 1 heterocycles. The topological polar surface area (TPSA) is 44.8 Å². The maximum Gasteiger partial charge on any atom is 0.234 e. The van der Waals surface area contributed by atoms with Gasteiger partial charge in [0.1, 0.15) is 5.75 Å². The fourth-order valence-electron chi connectivity index (χ4n) is 3.33. The van der Waals surface area contributed by atoms with Crippen molar-refractivity contribution in [3.8, 4) is 5.75 Å². The monoisotopic (exact) mass is 421 g/mol. The third kappa shape index (κ3) is 5.31. The van der Waals surface area contributed by atoms with Gasteiger partial charge in [-0.15, -0.1) is 0 Å². The third-order valence-corrected chi connectivity index (χ3v) is 5.72. The van der Waals surface area contributed by atoms with Crippen LogP contribution < -0.4 is 15.0 Å². The smallest absolute Gasteiger partial charge is 0.234 e. The number of amides is 1. The summed E-state index contributed by atoms with van der Waals surface area (Å²) < 4.78 is 5.30. The number of anilines is 1. The zero-order valence-electron chi connectivity index (χ0n) is 16.1. The molecule has 0 spiro atoms. The van der Waals surface area contributed by atoms with Gasteiger partial charge < -0.3 is 15.0 Å². The highest BCUT2D eigenvalue weighted by atomic mass is 35.5. The average molecular weight is 422 g/mol. The summed E-state index contributed by atoms with van der Waals surface area (Å²) in [6, 6.07) is 13.4. The van der Waals surface area contributed by atoms with E-state index in [9.17, 15) is 4.79 Å². The van der Waals surface area contributed by atoms with Crippen LogP contribution in [0.25, 0.3) is 0 Å². The van der Waals surface area contributed by atoms with Gasteiger partial charge in [-0.2, -0.15) is 0 Å². The lowest BCUT2D eigenvalue weighted by molar-refractivity contribution is -0.123. The highest BCUT2D eigenvalue weighted by Gasteiger charge is 2.20. The highest BCUT2D eigenvalue weighted by Crippen LogP contribution is 2.25. The van der Waals surface area contributed by atoms with Gasteiger partial charge in [0, 0.05) is 37.9 Å². The lowest BCUT2D eigenvalue weighted by Gasteiger charge is -2.36. The number of ether oxygens (including phenoxy) is 1. The van der Waals surface area contributed by atoms with Crippen molar-refractivity contribution in [2.45, 2.75) is 13.0 Å². The minimum Gasteiger partial charge on any atom is -0.497 e. The number of halogens is 2. The Bertz CT molecular complexity index is 823. The predicted molar refractivity (Wildman–Crippen MR) is 115 cm³/mol. The van der Waals surface area contributed by atoms with Crippen LogP contribution >= 0.6 is 23.2 Å². The minimum atomic E-state index is -0.125. The van der Waals surface area contributed by atoms with E-state index in [4.69, 9.17) is 27.9 Å². The molecule has 0 aromatic heterocycles. The van der Waals surface area contributed by atoms with E-state index in [1.54, 1.807) is 19.2 Å². The second-order valence-electron chi connectivity index (χ2n) is 6.93. The van der Waals surface area contributed by atoms with Gasteiger partial charge >= 0.3 is 0 Å². The molecule has 150 valence electrons. The predicted octanol–water partition coefficient (Wildman–Crippen LogP) is 4.00. The molecule has 0 bridgehead atoms. The van der Waals surface area contributed by atoms with Crippen molar-refractivity contribution < 1.29 is 9.53 Å². The minimum absolute atomic E-state index is 0.00778. The molecule has 1 aliphatic heterocycles. The fourth-order valence-corrected chi connectivity index (χ4v) is 3.63. The molecule has 1 fully saturated rings. The van der Waals surface area contributed by atoms with Crippen LogP contribution in [0.4, 0.5) is 5.69 Å². The second-order valence-corrected chi connectivity index (χ2v) is 7.74. The molecule has 1 aliphatic rings. The number of benzene rings is 2. The zero-order valence-corrected chi connectivity index (χ0v) is 17.6. The van der Waals surface area contributed by atoms with Crippen LogP contribution in [-0.4, -0.2) is 50.6 Å². The van der Waals surface area contributed by atoms with E-state index in [-0.39, 0.29) is 11.9 Å². The summed E-state index contributed by atoms with van der Waals surface area (Å²) in [6.45, 7) is 5.76. The summed E-state index contributed by atoms with van der Waals surface area (Å²) >= 11 is 12.0. The van der Waals surface area contributed by atoms with Crippen molar-refractivity contribution in [1.82, 2.24) is 10.2 Å². The van der Waals surface area contributed by atoms with E-state index in [1.807, 2.05) is 31.2 Å². The maximum absolute atomic E-state index is 12.4. The Morgan fingerprint density at radius 3 is 2.54 bits per heavy atom. The number of piperazine rings is 1. The maximum atomic E-state index is 12.4. The summed E-state index contributed by atoms with van der Waals surface area (Å²) in [6.07, 6.45) is 0. The van der Waals surface area contributed by atoms with Crippen molar-refractivity contribution >= 4 is 34.8 Å². The van der Waals surface area contributed by atoms with Crippen molar-refractivity contribution in [3.05, 3.63) is 58.1 Å².